The van der Waals surface area contributed by atoms with Crippen LogP contribution in [-0.2, 0) is 11.3 Å². The average molecular weight is 297 g/mol. The molecular weight excluding hydrogens is 284 g/mol. The van der Waals surface area contributed by atoms with E-state index in [0.717, 1.165) is 0 Å². The minimum atomic E-state index is -3.02. The van der Waals surface area contributed by atoms with E-state index < -0.39 is 12.6 Å². The van der Waals surface area contributed by atoms with E-state index in [1.54, 1.807) is 13.8 Å². The molecular formula is C14H13F2NO4. The third kappa shape index (κ3) is 3.77. The van der Waals surface area contributed by atoms with Crippen LogP contribution in [0.2, 0.25) is 0 Å². The number of benzene rings is 1. The molecule has 0 atom stereocenters. The number of hydrogen-bond acceptors (Lipinski definition) is 5. The van der Waals surface area contributed by atoms with Crippen LogP contribution in [-0.4, -0.2) is 17.6 Å². The quantitative estimate of drug-likeness (QED) is 0.793. The van der Waals surface area contributed by atoms with Crippen molar-refractivity contribution in [3.63, 3.8) is 0 Å². The molecule has 0 radical (unpaired) electrons. The van der Waals surface area contributed by atoms with Crippen LogP contribution in [0.25, 0.3) is 0 Å². The highest BCUT2D eigenvalue weighted by atomic mass is 19.3. The summed E-state index contributed by atoms with van der Waals surface area (Å²) >= 11 is 0. The third-order valence-corrected chi connectivity index (χ3v) is 2.72. The lowest BCUT2D eigenvalue weighted by Crippen LogP contribution is -2.10. The van der Waals surface area contributed by atoms with Crippen molar-refractivity contribution in [2.24, 2.45) is 0 Å². The first-order valence-electron chi connectivity index (χ1n) is 6.11. The summed E-state index contributed by atoms with van der Waals surface area (Å²) in [6.07, 6.45) is 0. The van der Waals surface area contributed by atoms with E-state index in [1.807, 2.05) is 0 Å². The SMILES string of the molecule is Cc1nc(COC(=O)c2ccccc2OC(F)F)oc1C. The van der Waals surface area contributed by atoms with Crippen LogP contribution in [0.15, 0.2) is 28.7 Å². The zero-order valence-electron chi connectivity index (χ0n) is 11.4. The Balaban J connectivity index is 2.06. The van der Waals surface area contributed by atoms with Crippen LogP contribution in [0.1, 0.15) is 27.7 Å². The molecule has 0 aliphatic carbocycles. The topological polar surface area (TPSA) is 61.6 Å². The second-order valence-electron chi connectivity index (χ2n) is 4.20. The number of oxazole rings is 1. The maximum absolute atomic E-state index is 12.3. The van der Waals surface area contributed by atoms with Gasteiger partial charge in [-0.25, -0.2) is 9.78 Å². The first kappa shape index (κ1) is 15.0. The summed E-state index contributed by atoms with van der Waals surface area (Å²) in [6, 6.07) is 5.61. The van der Waals surface area contributed by atoms with Gasteiger partial charge in [-0.3, -0.25) is 0 Å². The van der Waals surface area contributed by atoms with Crippen molar-refractivity contribution in [2.45, 2.75) is 27.1 Å². The van der Waals surface area contributed by atoms with Gasteiger partial charge in [0.2, 0.25) is 5.89 Å². The lowest BCUT2D eigenvalue weighted by Gasteiger charge is -2.09. The Morgan fingerprint density at radius 3 is 2.67 bits per heavy atom. The van der Waals surface area contributed by atoms with E-state index in [2.05, 4.69) is 9.72 Å². The molecule has 0 fully saturated rings. The molecule has 112 valence electrons. The summed E-state index contributed by atoms with van der Waals surface area (Å²) < 4.78 is 39.0. The molecule has 0 saturated heterocycles. The van der Waals surface area contributed by atoms with Crippen LogP contribution >= 0.6 is 0 Å². The Morgan fingerprint density at radius 2 is 2.05 bits per heavy atom. The van der Waals surface area contributed by atoms with Crippen molar-refractivity contribution in [3.05, 3.63) is 47.2 Å². The van der Waals surface area contributed by atoms with Crippen molar-refractivity contribution in [2.75, 3.05) is 0 Å². The van der Waals surface area contributed by atoms with Crippen molar-refractivity contribution >= 4 is 5.97 Å². The largest absolute Gasteiger partial charge is 0.452 e. The van der Waals surface area contributed by atoms with Gasteiger partial charge in [0.15, 0.2) is 6.61 Å². The zero-order valence-corrected chi connectivity index (χ0v) is 11.4. The molecule has 0 unspecified atom stereocenters. The highest BCUT2D eigenvalue weighted by molar-refractivity contribution is 5.92. The second kappa shape index (κ2) is 6.34. The van der Waals surface area contributed by atoms with Gasteiger partial charge in [-0.2, -0.15) is 8.78 Å². The Bertz CT molecular complexity index is 620. The van der Waals surface area contributed by atoms with Gasteiger partial charge in [0, 0.05) is 0 Å². The first-order valence-corrected chi connectivity index (χ1v) is 6.11. The van der Waals surface area contributed by atoms with Crippen molar-refractivity contribution in [3.8, 4) is 5.75 Å². The molecule has 0 aliphatic heterocycles. The maximum Gasteiger partial charge on any atom is 0.387 e. The second-order valence-corrected chi connectivity index (χ2v) is 4.20. The van der Waals surface area contributed by atoms with Gasteiger partial charge in [0.25, 0.3) is 0 Å². The van der Waals surface area contributed by atoms with E-state index in [0.29, 0.717) is 11.5 Å². The fraction of sp³-hybridized carbons (Fsp3) is 0.286. The van der Waals surface area contributed by atoms with Gasteiger partial charge in [-0.15, -0.1) is 0 Å². The molecule has 0 spiro atoms. The molecule has 21 heavy (non-hydrogen) atoms. The molecule has 1 aromatic heterocycles. The Morgan fingerprint density at radius 1 is 1.33 bits per heavy atom. The highest BCUT2D eigenvalue weighted by Crippen LogP contribution is 2.21. The van der Waals surface area contributed by atoms with Crippen LogP contribution < -0.4 is 4.74 Å². The molecule has 1 aromatic carbocycles. The summed E-state index contributed by atoms with van der Waals surface area (Å²) in [4.78, 5) is 15.9. The molecule has 0 saturated carbocycles. The first-order chi connectivity index (χ1) is 9.97. The van der Waals surface area contributed by atoms with Gasteiger partial charge in [0.05, 0.1) is 5.69 Å². The number of aromatic nitrogens is 1. The number of hydrogen-bond donors (Lipinski definition) is 0. The molecule has 0 aliphatic rings. The number of nitrogens with zero attached hydrogens (tertiary/aromatic N) is 1. The molecule has 2 aromatic rings. The van der Waals surface area contributed by atoms with Gasteiger partial charge >= 0.3 is 12.6 Å². The van der Waals surface area contributed by atoms with E-state index in [9.17, 15) is 13.6 Å². The normalized spacial score (nSPS) is 10.7. The lowest BCUT2D eigenvalue weighted by atomic mass is 10.2. The van der Waals surface area contributed by atoms with E-state index >= 15 is 0 Å². The van der Waals surface area contributed by atoms with E-state index in [4.69, 9.17) is 9.15 Å². The van der Waals surface area contributed by atoms with Gasteiger partial charge in [-0.05, 0) is 26.0 Å². The number of esters is 1. The summed E-state index contributed by atoms with van der Waals surface area (Å²) in [5, 5.41) is 0. The van der Waals surface area contributed by atoms with Crippen LogP contribution in [0.3, 0.4) is 0 Å². The van der Waals surface area contributed by atoms with Gasteiger partial charge in [0.1, 0.15) is 17.1 Å². The summed E-state index contributed by atoms with van der Waals surface area (Å²) in [5.74, 6) is -0.162. The van der Waals surface area contributed by atoms with Crippen LogP contribution in [0.4, 0.5) is 8.78 Å². The van der Waals surface area contributed by atoms with Crippen LogP contribution in [0, 0.1) is 13.8 Å². The molecule has 0 amide bonds. The third-order valence-electron chi connectivity index (χ3n) is 2.72. The van der Waals surface area contributed by atoms with Gasteiger partial charge in [-0.1, -0.05) is 12.1 Å². The fourth-order valence-corrected chi connectivity index (χ4v) is 1.64. The molecule has 5 nitrogen and oxygen atoms in total. The number of ether oxygens (including phenoxy) is 2. The van der Waals surface area contributed by atoms with E-state index in [1.165, 1.54) is 24.3 Å². The number of alkyl halides is 2. The predicted molar refractivity (Wildman–Crippen MR) is 68.2 cm³/mol. The van der Waals surface area contributed by atoms with Gasteiger partial charge < -0.3 is 13.9 Å². The monoisotopic (exact) mass is 297 g/mol. The molecule has 2 rings (SSSR count). The summed E-state index contributed by atoms with van der Waals surface area (Å²) in [5.41, 5.74) is 0.611. The maximum atomic E-state index is 12.3. The van der Waals surface area contributed by atoms with E-state index in [-0.39, 0.29) is 23.8 Å². The minimum Gasteiger partial charge on any atom is -0.452 e. The zero-order chi connectivity index (χ0) is 15.4. The predicted octanol–water partition coefficient (Wildman–Crippen LogP) is 3.25. The minimum absolute atomic E-state index is 0.0854. The Kier molecular flexibility index (Phi) is 4.52. The summed E-state index contributed by atoms with van der Waals surface area (Å²) in [6.45, 7) is 0.294. The number of rotatable bonds is 5. The van der Waals surface area contributed by atoms with Crippen molar-refractivity contribution in [1.29, 1.82) is 0 Å². The number of aryl methyl sites for hydroxylation is 2. The van der Waals surface area contributed by atoms with Crippen molar-refractivity contribution < 1.29 is 27.5 Å². The Hall–Kier alpha value is -2.44. The average Bonchev–Trinajstić information content (AvgIpc) is 2.75. The Labute approximate surface area is 119 Å². The number of carbonyl (C=O) groups is 1. The smallest absolute Gasteiger partial charge is 0.387 e. The van der Waals surface area contributed by atoms with Crippen LogP contribution in [0.5, 0.6) is 5.75 Å². The van der Waals surface area contributed by atoms with Crippen molar-refractivity contribution in [1.82, 2.24) is 4.98 Å². The number of halogens is 2. The fourth-order valence-electron chi connectivity index (χ4n) is 1.64. The summed E-state index contributed by atoms with van der Waals surface area (Å²) in [7, 11) is 0. The molecule has 1 heterocycles. The lowest BCUT2D eigenvalue weighted by molar-refractivity contribution is -0.0505. The number of para-hydroxylation sites is 1. The molecule has 7 heteroatoms. The molecule has 0 N–H and O–H groups in total. The standard InChI is InChI=1S/C14H13F2NO4/c1-8-9(2)20-12(17-8)7-19-13(18)10-5-3-4-6-11(10)21-14(15)16/h3-6,14H,7H2,1-2H3. The number of carbonyl (C=O) groups excluding carboxylic acids is 1. The molecule has 0 bridgehead atoms. The highest BCUT2D eigenvalue weighted by Gasteiger charge is 2.17.